The van der Waals surface area contributed by atoms with Gasteiger partial charge in [-0.1, -0.05) is 0 Å². The Labute approximate surface area is 98.9 Å². The number of anilines is 1. The standard InChI is InChI=1S/C11H14N2O4/c1-12-11(15)13-8-6-7(10(14)17-3)4-5-9(8)16-2/h4-6H,1-3H3,(H2,12,13,15). The smallest absolute Gasteiger partial charge is 0.337 e. The van der Waals surface area contributed by atoms with Crippen LogP contribution in [0, 0.1) is 0 Å². The lowest BCUT2D eigenvalue weighted by Gasteiger charge is -2.11. The van der Waals surface area contributed by atoms with Gasteiger partial charge in [-0.3, -0.25) is 0 Å². The van der Waals surface area contributed by atoms with E-state index in [9.17, 15) is 9.59 Å². The van der Waals surface area contributed by atoms with Gasteiger partial charge in [0, 0.05) is 7.05 Å². The number of carbonyl (C=O) groups is 2. The van der Waals surface area contributed by atoms with Crippen LogP contribution in [0.1, 0.15) is 10.4 Å². The molecule has 0 aliphatic heterocycles. The monoisotopic (exact) mass is 238 g/mol. The van der Waals surface area contributed by atoms with E-state index in [1.807, 2.05) is 0 Å². The molecule has 0 bridgehead atoms. The van der Waals surface area contributed by atoms with Gasteiger partial charge in [-0.15, -0.1) is 0 Å². The highest BCUT2D eigenvalue weighted by Crippen LogP contribution is 2.25. The van der Waals surface area contributed by atoms with Crippen LogP contribution in [0.3, 0.4) is 0 Å². The first-order chi connectivity index (χ1) is 8.12. The minimum Gasteiger partial charge on any atom is -0.495 e. The molecule has 0 saturated heterocycles. The highest BCUT2D eigenvalue weighted by atomic mass is 16.5. The summed E-state index contributed by atoms with van der Waals surface area (Å²) in [6.07, 6.45) is 0. The van der Waals surface area contributed by atoms with Crippen LogP contribution in [0.25, 0.3) is 0 Å². The summed E-state index contributed by atoms with van der Waals surface area (Å²) in [5, 5.41) is 4.95. The fourth-order valence-electron chi connectivity index (χ4n) is 1.24. The van der Waals surface area contributed by atoms with Gasteiger partial charge in [-0.05, 0) is 18.2 Å². The van der Waals surface area contributed by atoms with Crippen LogP contribution in [-0.2, 0) is 4.74 Å². The average molecular weight is 238 g/mol. The Kier molecular flexibility index (Phi) is 4.33. The van der Waals surface area contributed by atoms with E-state index in [2.05, 4.69) is 15.4 Å². The third-order valence-corrected chi connectivity index (χ3v) is 2.10. The van der Waals surface area contributed by atoms with E-state index in [0.717, 1.165) is 0 Å². The summed E-state index contributed by atoms with van der Waals surface area (Å²) in [4.78, 5) is 22.5. The molecule has 0 spiro atoms. The molecule has 1 aromatic rings. The van der Waals surface area contributed by atoms with Crippen molar-refractivity contribution < 1.29 is 19.1 Å². The van der Waals surface area contributed by atoms with E-state index in [1.54, 1.807) is 12.1 Å². The van der Waals surface area contributed by atoms with Gasteiger partial charge in [0.05, 0.1) is 25.5 Å². The molecule has 1 aromatic carbocycles. The predicted molar refractivity (Wildman–Crippen MR) is 62.4 cm³/mol. The number of nitrogens with one attached hydrogen (secondary N) is 2. The molecule has 17 heavy (non-hydrogen) atoms. The van der Waals surface area contributed by atoms with Gasteiger partial charge in [-0.2, -0.15) is 0 Å². The molecule has 0 aliphatic rings. The highest BCUT2D eigenvalue weighted by molar-refractivity contribution is 5.95. The first-order valence-corrected chi connectivity index (χ1v) is 4.87. The third-order valence-electron chi connectivity index (χ3n) is 2.10. The molecule has 0 fully saturated rings. The van der Waals surface area contributed by atoms with Gasteiger partial charge >= 0.3 is 12.0 Å². The number of ether oxygens (including phenoxy) is 2. The van der Waals surface area contributed by atoms with E-state index < -0.39 is 12.0 Å². The highest BCUT2D eigenvalue weighted by Gasteiger charge is 2.11. The van der Waals surface area contributed by atoms with Crippen LogP contribution < -0.4 is 15.4 Å². The second-order valence-corrected chi connectivity index (χ2v) is 3.11. The van der Waals surface area contributed by atoms with E-state index in [0.29, 0.717) is 17.0 Å². The molecule has 0 aromatic heterocycles. The van der Waals surface area contributed by atoms with Crippen molar-refractivity contribution in [2.24, 2.45) is 0 Å². The van der Waals surface area contributed by atoms with Crippen molar-refractivity contribution in [1.29, 1.82) is 0 Å². The molecule has 0 atom stereocenters. The van der Waals surface area contributed by atoms with Gasteiger partial charge in [0.25, 0.3) is 0 Å². The molecule has 0 unspecified atom stereocenters. The van der Waals surface area contributed by atoms with Crippen LogP contribution in [0.2, 0.25) is 0 Å². The maximum atomic E-state index is 11.3. The van der Waals surface area contributed by atoms with Gasteiger partial charge in [0.2, 0.25) is 0 Å². The van der Waals surface area contributed by atoms with Crippen molar-refractivity contribution in [2.45, 2.75) is 0 Å². The number of urea groups is 1. The number of carbonyl (C=O) groups excluding carboxylic acids is 2. The first-order valence-electron chi connectivity index (χ1n) is 4.87. The van der Waals surface area contributed by atoms with E-state index >= 15 is 0 Å². The Bertz CT molecular complexity index is 431. The van der Waals surface area contributed by atoms with Crippen molar-refractivity contribution in [2.75, 3.05) is 26.6 Å². The van der Waals surface area contributed by atoms with Crippen molar-refractivity contribution in [3.05, 3.63) is 23.8 Å². The van der Waals surface area contributed by atoms with E-state index in [1.165, 1.54) is 27.3 Å². The van der Waals surface area contributed by atoms with Crippen molar-refractivity contribution in [1.82, 2.24) is 5.32 Å². The topological polar surface area (TPSA) is 76.7 Å². The van der Waals surface area contributed by atoms with Crippen molar-refractivity contribution in [3.8, 4) is 5.75 Å². The summed E-state index contributed by atoms with van der Waals surface area (Å²) in [7, 11) is 4.26. The summed E-state index contributed by atoms with van der Waals surface area (Å²) >= 11 is 0. The Hall–Kier alpha value is -2.24. The van der Waals surface area contributed by atoms with Crippen molar-refractivity contribution in [3.63, 3.8) is 0 Å². The van der Waals surface area contributed by atoms with Gasteiger partial charge in [-0.25, -0.2) is 9.59 Å². The minimum atomic E-state index is -0.479. The zero-order valence-electron chi connectivity index (χ0n) is 9.87. The number of methoxy groups -OCH3 is 2. The Morgan fingerprint density at radius 3 is 2.47 bits per heavy atom. The molecule has 2 N–H and O–H groups in total. The van der Waals surface area contributed by atoms with E-state index in [4.69, 9.17) is 4.74 Å². The molecule has 92 valence electrons. The van der Waals surface area contributed by atoms with Crippen LogP contribution in [0.5, 0.6) is 5.75 Å². The number of rotatable bonds is 3. The van der Waals surface area contributed by atoms with E-state index in [-0.39, 0.29) is 0 Å². The minimum absolute atomic E-state index is 0.333. The summed E-state index contributed by atoms with van der Waals surface area (Å²) < 4.78 is 9.65. The van der Waals surface area contributed by atoms with Crippen LogP contribution in [-0.4, -0.2) is 33.3 Å². The zero-order valence-corrected chi connectivity index (χ0v) is 9.87. The maximum absolute atomic E-state index is 11.3. The third kappa shape index (κ3) is 3.10. The Morgan fingerprint density at radius 1 is 1.24 bits per heavy atom. The first kappa shape index (κ1) is 12.8. The summed E-state index contributed by atoms with van der Waals surface area (Å²) in [5.74, 6) is -0.0196. The number of benzene rings is 1. The summed E-state index contributed by atoms with van der Waals surface area (Å²) in [5.41, 5.74) is 0.731. The summed E-state index contributed by atoms with van der Waals surface area (Å²) in [6, 6.07) is 4.22. The molecule has 0 aliphatic carbocycles. The average Bonchev–Trinajstić information content (AvgIpc) is 2.37. The van der Waals surface area contributed by atoms with Crippen LogP contribution in [0.15, 0.2) is 18.2 Å². The van der Waals surface area contributed by atoms with Crippen molar-refractivity contribution >= 4 is 17.7 Å². The molecular formula is C11H14N2O4. The summed E-state index contributed by atoms with van der Waals surface area (Å²) in [6.45, 7) is 0. The number of amides is 2. The molecule has 0 radical (unpaired) electrons. The Balaban J connectivity index is 3.06. The molecule has 6 nitrogen and oxygen atoms in total. The van der Waals surface area contributed by atoms with Crippen LogP contribution >= 0.6 is 0 Å². The normalized spacial score (nSPS) is 9.35. The molecule has 0 heterocycles. The zero-order chi connectivity index (χ0) is 12.8. The lowest BCUT2D eigenvalue weighted by Crippen LogP contribution is -2.24. The number of hydrogen-bond donors (Lipinski definition) is 2. The SMILES string of the molecule is CNC(=O)Nc1cc(C(=O)OC)ccc1OC. The van der Waals surface area contributed by atoms with Gasteiger partial charge in [0.1, 0.15) is 5.75 Å². The van der Waals surface area contributed by atoms with Gasteiger partial charge < -0.3 is 20.1 Å². The lowest BCUT2D eigenvalue weighted by molar-refractivity contribution is 0.0600. The fourth-order valence-corrected chi connectivity index (χ4v) is 1.24. The molecule has 1 rings (SSSR count). The number of esters is 1. The maximum Gasteiger partial charge on any atom is 0.337 e. The van der Waals surface area contributed by atoms with Gasteiger partial charge in [0.15, 0.2) is 0 Å². The second-order valence-electron chi connectivity index (χ2n) is 3.11. The molecule has 6 heteroatoms. The largest absolute Gasteiger partial charge is 0.495 e. The quantitative estimate of drug-likeness (QED) is 0.776. The molecule has 2 amide bonds. The second kappa shape index (κ2) is 5.74. The number of hydrogen-bond acceptors (Lipinski definition) is 4. The predicted octanol–water partition coefficient (Wildman–Crippen LogP) is 1.23. The molecule has 0 saturated carbocycles. The molecular weight excluding hydrogens is 224 g/mol. The lowest BCUT2D eigenvalue weighted by atomic mass is 10.2. The van der Waals surface area contributed by atoms with Crippen LogP contribution in [0.4, 0.5) is 10.5 Å². The fraction of sp³-hybridized carbons (Fsp3) is 0.273. The Morgan fingerprint density at radius 2 is 1.94 bits per heavy atom.